The van der Waals surface area contributed by atoms with Crippen LogP contribution in [0.5, 0.6) is 0 Å². The molecular formula is C21H32FIN4O. The number of amides is 1. The number of carbonyl (C=O) groups excluding carboxylic acids is 1. The van der Waals surface area contributed by atoms with E-state index >= 15 is 0 Å². The normalized spacial score (nSPS) is 20.1. The molecular weight excluding hydrogens is 470 g/mol. The van der Waals surface area contributed by atoms with Crippen LogP contribution in [0, 0.1) is 11.7 Å². The minimum atomic E-state index is -0.178. The highest BCUT2D eigenvalue weighted by molar-refractivity contribution is 14.0. The first-order valence-corrected chi connectivity index (χ1v) is 10.2. The molecule has 1 aliphatic heterocycles. The van der Waals surface area contributed by atoms with Crippen molar-refractivity contribution in [3.8, 4) is 0 Å². The zero-order chi connectivity index (χ0) is 19.1. The first-order valence-electron chi connectivity index (χ1n) is 10.2. The van der Waals surface area contributed by atoms with Gasteiger partial charge in [-0.05, 0) is 44.2 Å². The van der Waals surface area contributed by atoms with Gasteiger partial charge in [0, 0.05) is 38.1 Å². The molecule has 1 heterocycles. The molecule has 1 aliphatic carbocycles. The van der Waals surface area contributed by atoms with Crippen LogP contribution in [-0.2, 0) is 11.2 Å². The Morgan fingerprint density at radius 2 is 2.00 bits per heavy atom. The lowest BCUT2D eigenvalue weighted by molar-refractivity contribution is -0.134. The molecule has 0 aromatic heterocycles. The molecule has 1 saturated heterocycles. The van der Waals surface area contributed by atoms with E-state index in [0.717, 1.165) is 44.9 Å². The van der Waals surface area contributed by atoms with Crippen LogP contribution in [0.4, 0.5) is 4.39 Å². The lowest BCUT2D eigenvalue weighted by Gasteiger charge is -2.21. The molecule has 0 bridgehead atoms. The van der Waals surface area contributed by atoms with Crippen molar-refractivity contribution in [1.29, 1.82) is 0 Å². The van der Waals surface area contributed by atoms with Crippen molar-refractivity contribution in [1.82, 2.24) is 15.5 Å². The summed E-state index contributed by atoms with van der Waals surface area (Å²) in [4.78, 5) is 19.2. The number of benzene rings is 1. The molecule has 1 amide bonds. The van der Waals surface area contributed by atoms with E-state index in [4.69, 9.17) is 0 Å². The topological polar surface area (TPSA) is 56.7 Å². The van der Waals surface area contributed by atoms with Crippen molar-refractivity contribution in [2.24, 2.45) is 10.9 Å². The second kappa shape index (κ2) is 11.6. The monoisotopic (exact) mass is 502 g/mol. The lowest BCUT2D eigenvalue weighted by atomic mass is 10.1. The van der Waals surface area contributed by atoms with Gasteiger partial charge in [-0.1, -0.05) is 31.0 Å². The van der Waals surface area contributed by atoms with E-state index in [9.17, 15) is 9.18 Å². The van der Waals surface area contributed by atoms with Gasteiger partial charge < -0.3 is 15.5 Å². The summed E-state index contributed by atoms with van der Waals surface area (Å²) in [5.74, 6) is 1.14. The molecule has 1 aromatic carbocycles. The maximum absolute atomic E-state index is 13.7. The SMILES string of the molecule is CCNC(=NCCc1ccccc1F)NC1CCN(C(=O)C2CCCC2)C1.I. The van der Waals surface area contributed by atoms with Gasteiger partial charge in [0.2, 0.25) is 5.91 Å². The third kappa shape index (κ3) is 6.32. The third-order valence-electron chi connectivity index (χ3n) is 5.50. The van der Waals surface area contributed by atoms with Gasteiger partial charge in [0.1, 0.15) is 5.82 Å². The first-order chi connectivity index (χ1) is 13.2. The van der Waals surface area contributed by atoms with Gasteiger partial charge in [0.25, 0.3) is 0 Å². The van der Waals surface area contributed by atoms with Crippen molar-refractivity contribution >= 4 is 35.8 Å². The van der Waals surface area contributed by atoms with Crippen LogP contribution in [0.2, 0.25) is 0 Å². The average molecular weight is 502 g/mol. The van der Waals surface area contributed by atoms with Crippen LogP contribution in [0.15, 0.2) is 29.3 Å². The van der Waals surface area contributed by atoms with Gasteiger partial charge in [0.15, 0.2) is 5.96 Å². The molecule has 0 spiro atoms. The number of guanidine groups is 1. The van der Waals surface area contributed by atoms with Crippen molar-refractivity contribution in [2.45, 2.75) is 51.5 Å². The molecule has 3 rings (SSSR count). The minimum Gasteiger partial charge on any atom is -0.357 e. The van der Waals surface area contributed by atoms with E-state index in [1.807, 2.05) is 17.9 Å². The Morgan fingerprint density at radius 3 is 2.71 bits per heavy atom. The molecule has 1 saturated carbocycles. The van der Waals surface area contributed by atoms with Crippen LogP contribution in [0.1, 0.15) is 44.6 Å². The molecule has 2 fully saturated rings. The van der Waals surface area contributed by atoms with Gasteiger partial charge in [-0.25, -0.2) is 4.39 Å². The maximum atomic E-state index is 13.7. The molecule has 1 atom stereocenters. The van der Waals surface area contributed by atoms with Gasteiger partial charge in [-0.2, -0.15) is 0 Å². The van der Waals surface area contributed by atoms with Crippen LogP contribution < -0.4 is 10.6 Å². The van der Waals surface area contributed by atoms with Crippen LogP contribution >= 0.6 is 24.0 Å². The number of halogens is 2. The summed E-state index contributed by atoms with van der Waals surface area (Å²) in [6, 6.07) is 7.06. The van der Waals surface area contributed by atoms with Gasteiger partial charge in [-0.15, -0.1) is 24.0 Å². The Kier molecular flexibility index (Phi) is 9.47. The quantitative estimate of drug-likeness (QED) is 0.357. The Hall–Kier alpha value is -1.38. The summed E-state index contributed by atoms with van der Waals surface area (Å²) in [6.07, 6.45) is 5.98. The highest BCUT2D eigenvalue weighted by Gasteiger charge is 2.32. The van der Waals surface area contributed by atoms with Crippen LogP contribution in [-0.4, -0.2) is 49.0 Å². The highest BCUT2D eigenvalue weighted by atomic mass is 127. The molecule has 1 aromatic rings. The summed E-state index contributed by atoms with van der Waals surface area (Å²) in [5, 5.41) is 6.70. The van der Waals surface area contributed by atoms with E-state index in [1.165, 1.54) is 18.9 Å². The first kappa shape index (κ1) is 22.9. The van der Waals surface area contributed by atoms with Gasteiger partial charge in [-0.3, -0.25) is 9.79 Å². The second-order valence-electron chi connectivity index (χ2n) is 7.50. The van der Waals surface area contributed by atoms with Crippen molar-refractivity contribution in [2.75, 3.05) is 26.2 Å². The molecule has 1 unspecified atom stereocenters. The maximum Gasteiger partial charge on any atom is 0.225 e. The highest BCUT2D eigenvalue weighted by Crippen LogP contribution is 2.27. The Morgan fingerprint density at radius 1 is 1.25 bits per heavy atom. The van der Waals surface area contributed by atoms with Crippen molar-refractivity contribution in [3.05, 3.63) is 35.6 Å². The Labute approximate surface area is 184 Å². The number of hydrogen-bond donors (Lipinski definition) is 2. The Bertz CT molecular complexity index is 664. The Balaban J connectivity index is 0.00000280. The fourth-order valence-electron chi connectivity index (χ4n) is 4.01. The summed E-state index contributed by atoms with van der Waals surface area (Å²) in [7, 11) is 0. The van der Waals surface area contributed by atoms with E-state index in [1.54, 1.807) is 12.1 Å². The molecule has 2 aliphatic rings. The summed E-state index contributed by atoms with van der Waals surface area (Å²) >= 11 is 0. The summed E-state index contributed by atoms with van der Waals surface area (Å²) in [6.45, 7) is 4.88. The summed E-state index contributed by atoms with van der Waals surface area (Å²) in [5.41, 5.74) is 0.686. The van der Waals surface area contributed by atoms with Crippen LogP contribution in [0.25, 0.3) is 0 Å². The van der Waals surface area contributed by atoms with Gasteiger partial charge in [0.05, 0.1) is 0 Å². The average Bonchev–Trinajstić information content (AvgIpc) is 3.35. The third-order valence-corrected chi connectivity index (χ3v) is 5.50. The zero-order valence-corrected chi connectivity index (χ0v) is 19.0. The number of rotatable bonds is 6. The van der Waals surface area contributed by atoms with E-state index < -0.39 is 0 Å². The van der Waals surface area contributed by atoms with Crippen molar-refractivity contribution < 1.29 is 9.18 Å². The zero-order valence-electron chi connectivity index (χ0n) is 16.6. The number of likely N-dealkylation sites (tertiary alicyclic amines) is 1. The fraction of sp³-hybridized carbons (Fsp3) is 0.619. The van der Waals surface area contributed by atoms with Gasteiger partial charge >= 0.3 is 0 Å². The number of hydrogen-bond acceptors (Lipinski definition) is 2. The molecule has 2 N–H and O–H groups in total. The molecule has 5 nitrogen and oxygen atoms in total. The number of nitrogens with zero attached hydrogens (tertiary/aromatic N) is 2. The largest absolute Gasteiger partial charge is 0.357 e. The smallest absolute Gasteiger partial charge is 0.225 e. The second-order valence-corrected chi connectivity index (χ2v) is 7.50. The fourth-order valence-corrected chi connectivity index (χ4v) is 4.01. The van der Waals surface area contributed by atoms with E-state index in [2.05, 4.69) is 15.6 Å². The predicted octanol–water partition coefficient (Wildman–Crippen LogP) is 3.33. The van der Waals surface area contributed by atoms with E-state index in [-0.39, 0.29) is 41.8 Å². The number of carbonyl (C=O) groups is 1. The molecule has 28 heavy (non-hydrogen) atoms. The molecule has 156 valence electrons. The minimum absolute atomic E-state index is 0. The summed E-state index contributed by atoms with van der Waals surface area (Å²) < 4.78 is 13.7. The van der Waals surface area contributed by atoms with E-state index in [0.29, 0.717) is 24.4 Å². The van der Waals surface area contributed by atoms with Crippen molar-refractivity contribution in [3.63, 3.8) is 0 Å². The molecule has 7 heteroatoms. The number of nitrogens with one attached hydrogen (secondary N) is 2. The predicted molar refractivity (Wildman–Crippen MR) is 122 cm³/mol. The lowest BCUT2D eigenvalue weighted by Crippen LogP contribution is -2.45. The number of aliphatic imine (C=N–C) groups is 1. The van der Waals surface area contributed by atoms with Crippen LogP contribution in [0.3, 0.4) is 0 Å². The molecule has 0 radical (unpaired) electrons. The standard InChI is InChI=1S/C21H31FN4O.HI/c1-2-23-21(24-13-11-16-7-5-6-10-19(16)22)25-18-12-14-26(15-18)20(27)17-8-3-4-9-17;/h5-7,10,17-18H,2-4,8-9,11-15H2,1H3,(H2,23,24,25);1H.